The number of rotatable bonds is 3. The molecule has 3 N–H and O–H groups in total. The van der Waals surface area contributed by atoms with E-state index in [1.807, 2.05) is 0 Å². The topological polar surface area (TPSA) is 77.8 Å². The van der Waals surface area contributed by atoms with E-state index in [2.05, 4.69) is 27.4 Å². The van der Waals surface area contributed by atoms with E-state index < -0.39 is 0 Å². The van der Waals surface area contributed by atoms with Gasteiger partial charge in [-0.3, -0.25) is 4.79 Å². The number of H-pyrrole nitrogens is 2. The zero-order chi connectivity index (χ0) is 13.2. The van der Waals surface area contributed by atoms with E-state index in [0.29, 0.717) is 23.5 Å². The summed E-state index contributed by atoms with van der Waals surface area (Å²) in [4.78, 5) is 28.4. The monoisotopic (exact) mass is 257 g/mol. The van der Waals surface area contributed by atoms with Crippen molar-refractivity contribution < 1.29 is 4.79 Å². The highest BCUT2D eigenvalue weighted by Gasteiger charge is 2.14. The maximum absolute atomic E-state index is 11.9. The summed E-state index contributed by atoms with van der Waals surface area (Å²) in [7, 11) is 0. The quantitative estimate of drug-likeness (QED) is 0.737. The summed E-state index contributed by atoms with van der Waals surface area (Å²) in [6.45, 7) is 0. The van der Waals surface area contributed by atoms with Crippen LogP contribution in [-0.4, -0.2) is 15.9 Å². The second-order valence-corrected chi connectivity index (χ2v) is 4.86. The lowest BCUT2D eigenvalue weighted by molar-refractivity contribution is -0.116. The minimum Gasteiger partial charge on any atom is -0.326 e. The van der Waals surface area contributed by atoms with Crippen molar-refractivity contribution in [2.75, 3.05) is 5.32 Å². The number of fused-ring (bicyclic) bond motifs is 1. The molecule has 1 aromatic carbocycles. The summed E-state index contributed by atoms with van der Waals surface area (Å²) in [6, 6.07) is 5.32. The number of hydrogen-bond donors (Lipinski definition) is 3. The highest BCUT2D eigenvalue weighted by Crippen LogP contribution is 2.21. The molecule has 5 nitrogen and oxygen atoms in total. The summed E-state index contributed by atoms with van der Waals surface area (Å²) in [5, 5.41) is 2.86. The van der Waals surface area contributed by atoms with Crippen molar-refractivity contribution in [3.05, 3.63) is 40.8 Å². The molecular weight excluding hydrogens is 242 g/mol. The number of amides is 1. The van der Waals surface area contributed by atoms with Crippen LogP contribution < -0.4 is 11.0 Å². The van der Waals surface area contributed by atoms with Crippen molar-refractivity contribution in [1.29, 1.82) is 0 Å². The molecular formula is C14H15N3O2. The van der Waals surface area contributed by atoms with Gasteiger partial charge >= 0.3 is 5.69 Å². The van der Waals surface area contributed by atoms with Gasteiger partial charge in [-0.2, -0.15) is 0 Å². The lowest BCUT2D eigenvalue weighted by atomic mass is 10.1. The SMILES string of the molecule is O=C(CC1C=CCC1)Nc1ccc2[nH]c(=O)[nH]c2c1. The molecule has 1 amide bonds. The van der Waals surface area contributed by atoms with Crippen LogP contribution >= 0.6 is 0 Å². The Hall–Kier alpha value is -2.30. The van der Waals surface area contributed by atoms with E-state index in [9.17, 15) is 9.59 Å². The molecule has 1 aliphatic carbocycles. The average Bonchev–Trinajstić information content (AvgIpc) is 2.96. The first-order valence-corrected chi connectivity index (χ1v) is 6.39. The standard InChI is InChI=1S/C14H15N3O2/c18-13(7-9-3-1-2-4-9)15-10-5-6-11-12(8-10)17-14(19)16-11/h1,3,5-6,8-9H,2,4,7H2,(H,15,18)(H2,16,17,19). The minimum atomic E-state index is -0.241. The highest BCUT2D eigenvalue weighted by atomic mass is 16.1. The number of allylic oxidation sites excluding steroid dienone is 2. The molecule has 1 aliphatic rings. The molecule has 5 heteroatoms. The van der Waals surface area contributed by atoms with Crippen molar-refractivity contribution in [1.82, 2.24) is 9.97 Å². The number of imidazole rings is 1. The summed E-state index contributed by atoms with van der Waals surface area (Å²) >= 11 is 0. The third-order valence-corrected chi connectivity index (χ3v) is 3.36. The van der Waals surface area contributed by atoms with Gasteiger partial charge in [-0.25, -0.2) is 4.79 Å². The Morgan fingerprint density at radius 3 is 2.95 bits per heavy atom. The van der Waals surface area contributed by atoms with Crippen LogP contribution in [-0.2, 0) is 4.79 Å². The minimum absolute atomic E-state index is 0.00813. The molecule has 19 heavy (non-hydrogen) atoms. The maximum atomic E-state index is 11.9. The van der Waals surface area contributed by atoms with Gasteiger partial charge in [0.05, 0.1) is 11.0 Å². The van der Waals surface area contributed by atoms with Gasteiger partial charge in [0.25, 0.3) is 0 Å². The van der Waals surface area contributed by atoms with Gasteiger partial charge < -0.3 is 15.3 Å². The number of carbonyl (C=O) groups excluding carboxylic acids is 1. The first kappa shape index (κ1) is 11.8. The van der Waals surface area contributed by atoms with Gasteiger partial charge in [0.2, 0.25) is 5.91 Å². The fraction of sp³-hybridized carbons (Fsp3) is 0.286. The Morgan fingerprint density at radius 1 is 1.32 bits per heavy atom. The summed E-state index contributed by atoms with van der Waals surface area (Å²) < 4.78 is 0. The molecule has 1 heterocycles. The van der Waals surface area contributed by atoms with Crippen molar-refractivity contribution in [3.63, 3.8) is 0 Å². The van der Waals surface area contributed by atoms with Crippen LogP contribution in [0, 0.1) is 5.92 Å². The first-order chi connectivity index (χ1) is 9.20. The lowest BCUT2D eigenvalue weighted by Gasteiger charge is -2.08. The molecule has 0 saturated heterocycles. The van der Waals surface area contributed by atoms with E-state index in [0.717, 1.165) is 18.4 Å². The second-order valence-electron chi connectivity index (χ2n) is 4.86. The fourth-order valence-electron chi connectivity index (χ4n) is 2.43. The number of benzene rings is 1. The van der Waals surface area contributed by atoms with Crippen molar-refractivity contribution in [2.45, 2.75) is 19.3 Å². The average molecular weight is 257 g/mol. The predicted molar refractivity (Wildman–Crippen MR) is 74.0 cm³/mol. The van der Waals surface area contributed by atoms with E-state index in [-0.39, 0.29) is 11.6 Å². The number of nitrogens with one attached hydrogen (secondary N) is 3. The molecule has 0 bridgehead atoms. The molecule has 1 atom stereocenters. The Kier molecular flexibility index (Phi) is 2.95. The van der Waals surface area contributed by atoms with Gasteiger partial charge in [-0.1, -0.05) is 12.2 Å². The number of carbonyl (C=O) groups is 1. The maximum Gasteiger partial charge on any atom is 0.323 e. The summed E-state index contributed by atoms with van der Waals surface area (Å²) in [5.74, 6) is 0.365. The number of aromatic amines is 2. The molecule has 1 aromatic heterocycles. The van der Waals surface area contributed by atoms with Crippen LogP contribution in [0.5, 0.6) is 0 Å². The fourth-order valence-corrected chi connectivity index (χ4v) is 2.43. The Balaban J connectivity index is 1.71. The Morgan fingerprint density at radius 2 is 2.16 bits per heavy atom. The van der Waals surface area contributed by atoms with Crippen LogP contribution in [0.25, 0.3) is 11.0 Å². The lowest BCUT2D eigenvalue weighted by Crippen LogP contribution is -2.14. The van der Waals surface area contributed by atoms with Gasteiger partial charge in [-0.05, 0) is 37.0 Å². The third kappa shape index (κ3) is 2.59. The number of aromatic nitrogens is 2. The highest BCUT2D eigenvalue weighted by molar-refractivity contribution is 5.93. The second kappa shape index (κ2) is 4.76. The zero-order valence-electron chi connectivity index (χ0n) is 10.4. The largest absolute Gasteiger partial charge is 0.326 e. The first-order valence-electron chi connectivity index (χ1n) is 6.39. The van der Waals surface area contributed by atoms with E-state index >= 15 is 0 Å². The smallest absolute Gasteiger partial charge is 0.323 e. The third-order valence-electron chi connectivity index (χ3n) is 3.36. The van der Waals surface area contributed by atoms with E-state index in [1.54, 1.807) is 18.2 Å². The summed E-state index contributed by atoms with van der Waals surface area (Å²) in [6.07, 6.45) is 6.85. The van der Waals surface area contributed by atoms with Gasteiger partial charge in [-0.15, -0.1) is 0 Å². The van der Waals surface area contributed by atoms with Gasteiger partial charge in [0.1, 0.15) is 0 Å². The normalized spacial score (nSPS) is 18.0. The predicted octanol–water partition coefficient (Wildman–Crippen LogP) is 2.15. The molecule has 0 radical (unpaired) electrons. The molecule has 0 fully saturated rings. The van der Waals surface area contributed by atoms with Crippen LogP contribution in [0.4, 0.5) is 5.69 Å². The molecule has 0 aliphatic heterocycles. The molecule has 1 unspecified atom stereocenters. The molecule has 2 aromatic rings. The molecule has 0 saturated carbocycles. The van der Waals surface area contributed by atoms with Crippen LogP contribution in [0.1, 0.15) is 19.3 Å². The van der Waals surface area contributed by atoms with Gasteiger partial charge in [0.15, 0.2) is 0 Å². The van der Waals surface area contributed by atoms with Crippen molar-refractivity contribution in [2.24, 2.45) is 5.92 Å². The zero-order valence-corrected chi connectivity index (χ0v) is 10.4. The van der Waals surface area contributed by atoms with Crippen LogP contribution in [0.2, 0.25) is 0 Å². The Bertz CT molecular complexity index is 696. The summed E-state index contributed by atoms with van der Waals surface area (Å²) in [5.41, 5.74) is 1.90. The molecule has 98 valence electrons. The number of hydrogen-bond acceptors (Lipinski definition) is 2. The van der Waals surface area contributed by atoms with Crippen molar-refractivity contribution in [3.8, 4) is 0 Å². The Labute approximate surface area is 109 Å². The van der Waals surface area contributed by atoms with Crippen LogP contribution in [0.3, 0.4) is 0 Å². The van der Waals surface area contributed by atoms with Gasteiger partial charge in [0, 0.05) is 12.1 Å². The van der Waals surface area contributed by atoms with E-state index in [1.165, 1.54) is 0 Å². The number of anilines is 1. The van der Waals surface area contributed by atoms with Crippen LogP contribution in [0.15, 0.2) is 35.1 Å². The molecule has 3 rings (SSSR count). The van der Waals surface area contributed by atoms with Crippen molar-refractivity contribution >= 4 is 22.6 Å². The molecule has 0 spiro atoms. The van der Waals surface area contributed by atoms with E-state index in [4.69, 9.17) is 0 Å².